The van der Waals surface area contributed by atoms with Crippen molar-refractivity contribution in [2.75, 3.05) is 0 Å². The lowest BCUT2D eigenvalue weighted by Crippen LogP contribution is -2.22. The molecular formula is C13H21NO. The Labute approximate surface area is 92.4 Å². The maximum atomic E-state index is 5.81. The predicted octanol–water partition coefficient (Wildman–Crippen LogP) is 2.85. The highest BCUT2D eigenvalue weighted by atomic mass is 16.5. The molecule has 0 fully saturated rings. The van der Waals surface area contributed by atoms with Gasteiger partial charge in [-0.25, -0.2) is 0 Å². The van der Waals surface area contributed by atoms with E-state index in [9.17, 15) is 0 Å². The van der Waals surface area contributed by atoms with Crippen molar-refractivity contribution in [1.29, 1.82) is 0 Å². The zero-order valence-electron chi connectivity index (χ0n) is 9.92. The van der Waals surface area contributed by atoms with Crippen molar-refractivity contribution in [2.45, 2.75) is 45.9 Å². The summed E-state index contributed by atoms with van der Waals surface area (Å²) in [5, 5.41) is 0. The molecule has 2 N–H and O–H groups in total. The van der Waals surface area contributed by atoms with E-state index in [4.69, 9.17) is 10.5 Å². The molecule has 0 bridgehead atoms. The Morgan fingerprint density at radius 1 is 1.13 bits per heavy atom. The fourth-order valence-corrected chi connectivity index (χ4v) is 1.15. The summed E-state index contributed by atoms with van der Waals surface area (Å²) in [5.41, 5.74) is 7.86. The number of hydrogen-bond donors (Lipinski definition) is 1. The average molecular weight is 207 g/mol. The van der Waals surface area contributed by atoms with Crippen molar-refractivity contribution in [3.05, 3.63) is 35.4 Å². The van der Waals surface area contributed by atoms with E-state index in [1.54, 1.807) is 0 Å². The van der Waals surface area contributed by atoms with Crippen molar-refractivity contribution >= 4 is 0 Å². The summed E-state index contributed by atoms with van der Waals surface area (Å²) in [7, 11) is 0. The lowest BCUT2D eigenvalue weighted by Gasteiger charge is -2.23. The molecule has 0 unspecified atom stereocenters. The second-order valence-electron chi connectivity index (χ2n) is 4.42. The van der Waals surface area contributed by atoms with Gasteiger partial charge in [0, 0.05) is 6.54 Å². The van der Waals surface area contributed by atoms with Gasteiger partial charge in [-0.2, -0.15) is 0 Å². The molecule has 2 heteroatoms. The van der Waals surface area contributed by atoms with E-state index in [0.29, 0.717) is 13.2 Å². The van der Waals surface area contributed by atoms with Crippen LogP contribution in [0.25, 0.3) is 0 Å². The van der Waals surface area contributed by atoms with Gasteiger partial charge in [0.25, 0.3) is 0 Å². The molecule has 0 amide bonds. The van der Waals surface area contributed by atoms with E-state index in [0.717, 1.165) is 12.0 Å². The van der Waals surface area contributed by atoms with Crippen LogP contribution in [0.2, 0.25) is 0 Å². The second kappa shape index (κ2) is 5.29. The van der Waals surface area contributed by atoms with E-state index in [-0.39, 0.29) is 5.60 Å². The number of rotatable bonds is 5. The van der Waals surface area contributed by atoms with Gasteiger partial charge in [0.1, 0.15) is 0 Å². The lowest BCUT2D eigenvalue weighted by atomic mass is 10.1. The van der Waals surface area contributed by atoms with Gasteiger partial charge in [-0.3, -0.25) is 0 Å². The Bertz CT molecular complexity index is 290. The average Bonchev–Trinajstić information content (AvgIpc) is 2.27. The fourth-order valence-electron chi connectivity index (χ4n) is 1.15. The SMILES string of the molecule is CCC(C)(C)OCc1ccc(CN)cc1. The van der Waals surface area contributed by atoms with E-state index in [1.165, 1.54) is 5.56 Å². The minimum Gasteiger partial charge on any atom is -0.371 e. The number of benzene rings is 1. The van der Waals surface area contributed by atoms with Crippen LogP contribution >= 0.6 is 0 Å². The molecule has 1 rings (SSSR count). The molecule has 0 aromatic heterocycles. The summed E-state index contributed by atoms with van der Waals surface area (Å²) in [4.78, 5) is 0. The van der Waals surface area contributed by atoms with E-state index < -0.39 is 0 Å². The molecule has 1 aromatic carbocycles. The molecule has 0 spiro atoms. The molecule has 2 nitrogen and oxygen atoms in total. The summed E-state index contributed by atoms with van der Waals surface area (Å²) >= 11 is 0. The van der Waals surface area contributed by atoms with E-state index >= 15 is 0 Å². The van der Waals surface area contributed by atoms with E-state index in [2.05, 4.69) is 45.0 Å². The monoisotopic (exact) mass is 207 g/mol. The normalized spacial score (nSPS) is 11.7. The molecule has 84 valence electrons. The molecule has 0 radical (unpaired) electrons. The Hall–Kier alpha value is -0.860. The van der Waals surface area contributed by atoms with Gasteiger partial charge in [-0.05, 0) is 31.4 Å². The maximum Gasteiger partial charge on any atom is 0.0724 e. The summed E-state index contributed by atoms with van der Waals surface area (Å²) < 4.78 is 5.81. The molecule has 0 heterocycles. The van der Waals surface area contributed by atoms with Crippen LogP contribution in [-0.2, 0) is 17.9 Å². The van der Waals surface area contributed by atoms with Crippen molar-refractivity contribution < 1.29 is 4.74 Å². The molecule has 0 aliphatic heterocycles. The van der Waals surface area contributed by atoms with Crippen molar-refractivity contribution in [3.63, 3.8) is 0 Å². The van der Waals surface area contributed by atoms with Crippen LogP contribution in [0.1, 0.15) is 38.3 Å². The minimum absolute atomic E-state index is 0.0352. The van der Waals surface area contributed by atoms with Crippen molar-refractivity contribution in [3.8, 4) is 0 Å². The highest BCUT2D eigenvalue weighted by Crippen LogP contribution is 2.16. The van der Waals surface area contributed by atoms with Gasteiger partial charge >= 0.3 is 0 Å². The zero-order valence-corrected chi connectivity index (χ0v) is 9.92. The first-order chi connectivity index (χ1) is 7.07. The van der Waals surface area contributed by atoms with Crippen LogP contribution < -0.4 is 5.73 Å². The molecule has 0 saturated heterocycles. The Morgan fingerprint density at radius 2 is 1.67 bits per heavy atom. The van der Waals surface area contributed by atoms with Crippen LogP contribution in [0.3, 0.4) is 0 Å². The standard InChI is InChI=1S/C13H21NO/c1-4-13(2,3)15-10-12-7-5-11(9-14)6-8-12/h5-8H,4,9-10,14H2,1-3H3. The van der Waals surface area contributed by atoms with Gasteiger partial charge in [-0.15, -0.1) is 0 Å². The van der Waals surface area contributed by atoms with Crippen LogP contribution in [0, 0.1) is 0 Å². The predicted molar refractivity (Wildman–Crippen MR) is 63.5 cm³/mol. The van der Waals surface area contributed by atoms with Gasteiger partial charge in [0.2, 0.25) is 0 Å². The highest BCUT2D eigenvalue weighted by molar-refractivity contribution is 5.21. The third-order valence-corrected chi connectivity index (χ3v) is 2.74. The van der Waals surface area contributed by atoms with Crippen LogP contribution in [-0.4, -0.2) is 5.60 Å². The quantitative estimate of drug-likeness (QED) is 0.805. The minimum atomic E-state index is -0.0352. The number of ether oxygens (including phenoxy) is 1. The largest absolute Gasteiger partial charge is 0.371 e. The first-order valence-corrected chi connectivity index (χ1v) is 5.49. The maximum absolute atomic E-state index is 5.81. The molecule has 0 saturated carbocycles. The molecule has 1 aromatic rings. The lowest BCUT2D eigenvalue weighted by molar-refractivity contribution is -0.0316. The van der Waals surface area contributed by atoms with Gasteiger partial charge in [0.15, 0.2) is 0 Å². The third kappa shape index (κ3) is 4.02. The summed E-state index contributed by atoms with van der Waals surface area (Å²) in [6.07, 6.45) is 1.02. The van der Waals surface area contributed by atoms with Gasteiger partial charge < -0.3 is 10.5 Å². The summed E-state index contributed by atoms with van der Waals surface area (Å²) in [6.45, 7) is 7.63. The first kappa shape index (κ1) is 12.2. The molecular weight excluding hydrogens is 186 g/mol. The topological polar surface area (TPSA) is 35.2 Å². The first-order valence-electron chi connectivity index (χ1n) is 5.49. The molecule has 15 heavy (non-hydrogen) atoms. The smallest absolute Gasteiger partial charge is 0.0724 e. The Balaban J connectivity index is 2.51. The summed E-state index contributed by atoms with van der Waals surface area (Å²) in [5.74, 6) is 0. The zero-order chi connectivity index (χ0) is 11.3. The highest BCUT2D eigenvalue weighted by Gasteiger charge is 2.14. The van der Waals surface area contributed by atoms with Gasteiger partial charge in [-0.1, -0.05) is 31.2 Å². The third-order valence-electron chi connectivity index (χ3n) is 2.74. The number of hydrogen-bond acceptors (Lipinski definition) is 2. The molecule has 0 aliphatic carbocycles. The van der Waals surface area contributed by atoms with Gasteiger partial charge in [0.05, 0.1) is 12.2 Å². The van der Waals surface area contributed by atoms with Crippen LogP contribution in [0.5, 0.6) is 0 Å². The van der Waals surface area contributed by atoms with E-state index in [1.807, 2.05) is 0 Å². The number of nitrogens with two attached hydrogens (primary N) is 1. The van der Waals surface area contributed by atoms with Crippen molar-refractivity contribution in [1.82, 2.24) is 0 Å². The summed E-state index contributed by atoms with van der Waals surface area (Å²) in [6, 6.07) is 8.26. The molecule has 0 aliphatic rings. The van der Waals surface area contributed by atoms with Crippen LogP contribution in [0.4, 0.5) is 0 Å². The second-order valence-corrected chi connectivity index (χ2v) is 4.42. The fraction of sp³-hybridized carbons (Fsp3) is 0.538. The molecule has 0 atom stereocenters. The Kier molecular flexibility index (Phi) is 4.30. The van der Waals surface area contributed by atoms with Crippen molar-refractivity contribution in [2.24, 2.45) is 5.73 Å². The van der Waals surface area contributed by atoms with Crippen LogP contribution in [0.15, 0.2) is 24.3 Å². The Morgan fingerprint density at radius 3 is 2.13 bits per heavy atom.